The number of aromatic nitrogens is 2. The van der Waals surface area contributed by atoms with Gasteiger partial charge in [0.05, 0.1) is 16.3 Å². The van der Waals surface area contributed by atoms with Gasteiger partial charge in [0, 0.05) is 36.3 Å². The molecule has 1 aromatic heterocycles. The van der Waals surface area contributed by atoms with Crippen molar-refractivity contribution in [2.45, 2.75) is 25.7 Å². The van der Waals surface area contributed by atoms with E-state index in [1.165, 1.54) is 18.2 Å². The van der Waals surface area contributed by atoms with Crippen LogP contribution in [0, 0.1) is 5.82 Å². The summed E-state index contributed by atoms with van der Waals surface area (Å²) in [6.07, 6.45) is -4.00. The van der Waals surface area contributed by atoms with Gasteiger partial charge in [-0.1, -0.05) is 35.9 Å². The Kier molecular flexibility index (Phi) is 5.38. The Morgan fingerprint density at radius 1 is 1.13 bits per heavy atom. The number of rotatable bonds is 3. The second kappa shape index (κ2) is 7.85. The first-order valence-corrected chi connectivity index (χ1v) is 9.55. The van der Waals surface area contributed by atoms with Gasteiger partial charge in [-0.25, -0.2) is 9.37 Å². The highest BCUT2D eigenvalue weighted by Crippen LogP contribution is 2.30. The number of benzene rings is 2. The number of nitrogens with zero attached hydrogens (tertiary/aromatic N) is 2. The molecule has 0 saturated heterocycles. The maximum Gasteiger partial charge on any atom is 0.416 e. The minimum atomic E-state index is -4.44. The van der Waals surface area contributed by atoms with Gasteiger partial charge in [-0.15, -0.1) is 0 Å². The second-order valence-electron chi connectivity index (χ2n) is 7.09. The molecule has 4 nitrogen and oxygen atoms in total. The zero-order valence-electron chi connectivity index (χ0n) is 15.6. The van der Waals surface area contributed by atoms with Crippen molar-refractivity contribution in [1.82, 2.24) is 14.9 Å². The molecule has 0 fully saturated rings. The molecule has 0 spiro atoms. The summed E-state index contributed by atoms with van der Waals surface area (Å²) in [5.74, 6) is -0.280. The Morgan fingerprint density at radius 3 is 2.57 bits per heavy atom. The van der Waals surface area contributed by atoms with E-state index in [0.717, 1.165) is 12.1 Å². The number of hydrogen-bond acceptors (Lipinski definition) is 3. The number of nitrogens with one attached hydrogen (secondary N) is 1. The molecule has 2 heterocycles. The van der Waals surface area contributed by atoms with Gasteiger partial charge in [-0.2, -0.15) is 13.2 Å². The van der Waals surface area contributed by atoms with E-state index in [9.17, 15) is 22.4 Å². The van der Waals surface area contributed by atoms with Crippen LogP contribution < -0.4 is 5.56 Å². The molecule has 1 N–H and O–H groups in total. The molecule has 2 aromatic carbocycles. The number of alkyl halides is 3. The van der Waals surface area contributed by atoms with E-state index in [1.807, 2.05) is 4.90 Å². The number of H-pyrrole nitrogens is 1. The topological polar surface area (TPSA) is 49.0 Å². The van der Waals surface area contributed by atoms with Crippen molar-refractivity contribution in [3.05, 3.63) is 86.0 Å². The smallest absolute Gasteiger partial charge is 0.306 e. The van der Waals surface area contributed by atoms with Gasteiger partial charge in [0.2, 0.25) is 0 Å². The summed E-state index contributed by atoms with van der Waals surface area (Å²) in [7, 11) is 0. The highest BCUT2D eigenvalue weighted by Gasteiger charge is 2.30. The summed E-state index contributed by atoms with van der Waals surface area (Å²) in [5, 5.41) is 0.0454. The Bertz CT molecular complexity index is 1140. The molecular formula is C21H16ClF4N3O. The van der Waals surface area contributed by atoms with Crippen molar-refractivity contribution in [3.8, 4) is 11.4 Å². The zero-order chi connectivity index (χ0) is 21.5. The van der Waals surface area contributed by atoms with Crippen molar-refractivity contribution in [3.63, 3.8) is 0 Å². The van der Waals surface area contributed by atoms with Crippen LogP contribution in [0.4, 0.5) is 17.6 Å². The van der Waals surface area contributed by atoms with E-state index in [1.54, 1.807) is 12.1 Å². The molecule has 3 aromatic rings. The summed E-state index contributed by atoms with van der Waals surface area (Å²) in [6, 6.07) is 9.24. The zero-order valence-corrected chi connectivity index (χ0v) is 16.3. The van der Waals surface area contributed by atoms with Crippen LogP contribution in [0.1, 0.15) is 22.4 Å². The predicted molar refractivity (Wildman–Crippen MR) is 105 cm³/mol. The fourth-order valence-corrected chi connectivity index (χ4v) is 3.69. The quantitative estimate of drug-likeness (QED) is 0.598. The molecule has 0 aliphatic carbocycles. The van der Waals surface area contributed by atoms with Crippen LogP contribution >= 0.6 is 11.6 Å². The van der Waals surface area contributed by atoms with Crippen molar-refractivity contribution < 1.29 is 17.6 Å². The van der Waals surface area contributed by atoms with Crippen molar-refractivity contribution in [2.75, 3.05) is 6.54 Å². The third-order valence-electron chi connectivity index (χ3n) is 5.06. The lowest BCUT2D eigenvalue weighted by molar-refractivity contribution is -0.137. The van der Waals surface area contributed by atoms with Crippen LogP contribution in [0.3, 0.4) is 0 Å². The predicted octanol–water partition coefficient (Wildman–Crippen LogP) is 4.81. The van der Waals surface area contributed by atoms with E-state index in [0.29, 0.717) is 48.4 Å². The average Bonchev–Trinajstić information content (AvgIpc) is 2.70. The van der Waals surface area contributed by atoms with Crippen LogP contribution in [0.25, 0.3) is 11.4 Å². The van der Waals surface area contributed by atoms with Crippen LogP contribution in [0.2, 0.25) is 5.02 Å². The van der Waals surface area contributed by atoms with E-state index >= 15 is 0 Å². The third kappa shape index (κ3) is 4.11. The summed E-state index contributed by atoms with van der Waals surface area (Å²) in [5.41, 5.74) is 0.792. The molecule has 0 amide bonds. The second-order valence-corrected chi connectivity index (χ2v) is 7.50. The van der Waals surface area contributed by atoms with E-state index in [4.69, 9.17) is 11.6 Å². The van der Waals surface area contributed by atoms with Crippen LogP contribution in [0.5, 0.6) is 0 Å². The first-order valence-electron chi connectivity index (χ1n) is 9.17. The maximum atomic E-state index is 14.2. The monoisotopic (exact) mass is 437 g/mol. The van der Waals surface area contributed by atoms with Crippen molar-refractivity contribution in [2.24, 2.45) is 0 Å². The maximum absolute atomic E-state index is 14.2. The van der Waals surface area contributed by atoms with Gasteiger partial charge >= 0.3 is 6.18 Å². The molecule has 30 heavy (non-hydrogen) atoms. The molecule has 0 bridgehead atoms. The highest BCUT2D eigenvalue weighted by molar-refractivity contribution is 6.30. The SMILES string of the molecule is O=c1[nH]c(-c2ccc(C(F)(F)F)cc2)nc2c1CCN(Cc1cccc(Cl)c1F)C2. The lowest BCUT2D eigenvalue weighted by Crippen LogP contribution is -2.35. The fourth-order valence-electron chi connectivity index (χ4n) is 3.49. The molecule has 0 atom stereocenters. The van der Waals surface area contributed by atoms with Gasteiger partial charge in [-0.05, 0) is 24.6 Å². The molecule has 0 radical (unpaired) electrons. The minimum absolute atomic E-state index is 0.0454. The van der Waals surface area contributed by atoms with Gasteiger partial charge in [0.15, 0.2) is 0 Å². The summed E-state index contributed by atoms with van der Waals surface area (Å²) < 4.78 is 52.5. The normalized spacial score (nSPS) is 14.6. The van der Waals surface area contributed by atoms with Crippen LogP contribution in [0.15, 0.2) is 47.3 Å². The average molecular weight is 438 g/mol. The standard InChI is InChI=1S/C21H16ClF4N3O/c22-16-3-1-2-13(18(16)23)10-29-9-8-15-17(11-29)27-19(28-20(15)30)12-4-6-14(7-5-12)21(24,25)26/h1-7H,8-11H2,(H,27,28,30). The summed E-state index contributed by atoms with van der Waals surface area (Å²) >= 11 is 5.84. The third-order valence-corrected chi connectivity index (χ3v) is 5.36. The van der Waals surface area contributed by atoms with Crippen LogP contribution in [-0.4, -0.2) is 21.4 Å². The van der Waals surface area contributed by atoms with E-state index in [-0.39, 0.29) is 16.4 Å². The number of hydrogen-bond donors (Lipinski definition) is 1. The number of aromatic amines is 1. The largest absolute Gasteiger partial charge is 0.416 e. The van der Waals surface area contributed by atoms with Gasteiger partial charge < -0.3 is 4.98 Å². The lowest BCUT2D eigenvalue weighted by atomic mass is 10.0. The number of halogens is 5. The van der Waals surface area contributed by atoms with Crippen molar-refractivity contribution in [1.29, 1.82) is 0 Å². The van der Waals surface area contributed by atoms with Crippen LogP contribution in [-0.2, 0) is 25.7 Å². The molecule has 0 saturated carbocycles. The Hall–Kier alpha value is -2.71. The molecule has 0 unspecified atom stereocenters. The van der Waals surface area contributed by atoms with Gasteiger partial charge in [-0.3, -0.25) is 9.69 Å². The first kappa shape index (κ1) is 20.6. The summed E-state index contributed by atoms with van der Waals surface area (Å²) in [6.45, 7) is 1.16. The molecular weight excluding hydrogens is 422 g/mol. The number of fused-ring (bicyclic) bond motifs is 1. The van der Waals surface area contributed by atoms with E-state index < -0.39 is 17.6 Å². The molecule has 156 valence electrons. The minimum Gasteiger partial charge on any atom is -0.306 e. The van der Waals surface area contributed by atoms with Gasteiger partial charge in [0.1, 0.15) is 11.6 Å². The van der Waals surface area contributed by atoms with Crippen molar-refractivity contribution >= 4 is 11.6 Å². The van der Waals surface area contributed by atoms with Gasteiger partial charge in [0.25, 0.3) is 5.56 Å². The molecule has 1 aliphatic heterocycles. The lowest BCUT2D eigenvalue weighted by Gasteiger charge is -2.28. The van der Waals surface area contributed by atoms with E-state index in [2.05, 4.69) is 9.97 Å². The molecule has 1 aliphatic rings. The molecule has 4 rings (SSSR count). The first-order chi connectivity index (χ1) is 14.2. The Balaban J connectivity index is 1.60. The fraction of sp³-hybridized carbons (Fsp3) is 0.238. The Labute approximate surface area is 174 Å². The summed E-state index contributed by atoms with van der Waals surface area (Å²) in [4.78, 5) is 21.5. The highest BCUT2D eigenvalue weighted by atomic mass is 35.5. The molecule has 9 heteroatoms. The Morgan fingerprint density at radius 2 is 1.87 bits per heavy atom.